The van der Waals surface area contributed by atoms with E-state index in [9.17, 15) is 9.59 Å². The van der Waals surface area contributed by atoms with Crippen LogP contribution < -0.4 is 10.2 Å². The number of nitrogens with one attached hydrogen (secondary N) is 1. The van der Waals surface area contributed by atoms with Crippen LogP contribution >= 0.6 is 11.6 Å². The van der Waals surface area contributed by atoms with Crippen molar-refractivity contribution < 1.29 is 9.59 Å². The summed E-state index contributed by atoms with van der Waals surface area (Å²) in [7, 11) is 0. The second kappa shape index (κ2) is 5.22. The van der Waals surface area contributed by atoms with Crippen LogP contribution in [-0.2, 0) is 4.79 Å². The first-order valence-electron chi connectivity index (χ1n) is 6.53. The highest BCUT2D eigenvalue weighted by Crippen LogP contribution is 2.31. The van der Waals surface area contributed by atoms with Crippen molar-refractivity contribution in [3.63, 3.8) is 0 Å². The summed E-state index contributed by atoms with van der Waals surface area (Å²) in [6, 6.07) is 12.5. The van der Waals surface area contributed by atoms with Crippen molar-refractivity contribution in [2.24, 2.45) is 0 Å². The zero-order chi connectivity index (χ0) is 15.0. The highest BCUT2D eigenvalue weighted by molar-refractivity contribution is 6.35. The average Bonchev–Trinajstić information content (AvgIpc) is 2.45. The molecule has 2 amide bonds. The van der Waals surface area contributed by atoms with Gasteiger partial charge in [-0.3, -0.25) is 14.5 Å². The number of anilines is 2. The molecule has 21 heavy (non-hydrogen) atoms. The molecule has 1 aliphatic rings. The Bertz CT molecular complexity index is 743. The van der Waals surface area contributed by atoms with Crippen molar-refractivity contribution >= 4 is 34.8 Å². The lowest BCUT2D eigenvalue weighted by molar-refractivity contribution is -0.115. The van der Waals surface area contributed by atoms with Gasteiger partial charge in [-0.1, -0.05) is 29.8 Å². The van der Waals surface area contributed by atoms with Crippen molar-refractivity contribution in [3.8, 4) is 0 Å². The first-order valence-corrected chi connectivity index (χ1v) is 6.91. The monoisotopic (exact) mass is 300 g/mol. The molecule has 0 bridgehead atoms. The lowest BCUT2D eigenvalue weighted by Crippen LogP contribution is -2.42. The van der Waals surface area contributed by atoms with Gasteiger partial charge in [0.05, 0.1) is 22.0 Å². The van der Waals surface area contributed by atoms with Crippen molar-refractivity contribution in [3.05, 3.63) is 58.6 Å². The Morgan fingerprint density at radius 2 is 2.00 bits per heavy atom. The maximum atomic E-state index is 12.7. The summed E-state index contributed by atoms with van der Waals surface area (Å²) in [6.07, 6.45) is 0. The number of para-hydroxylation sites is 2. The highest BCUT2D eigenvalue weighted by atomic mass is 35.5. The molecule has 0 radical (unpaired) electrons. The van der Waals surface area contributed by atoms with Gasteiger partial charge < -0.3 is 5.32 Å². The molecule has 0 aromatic heterocycles. The molecule has 2 aromatic carbocycles. The van der Waals surface area contributed by atoms with Gasteiger partial charge in [-0.05, 0) is 36.8 Å². The van der Waals surface area contributed by atoms with Crippen LogP contribution in [-0.4, -0.2) is 18.4 Å². The molecule has 106 valence electrons. The van der Waals surface area contributed by atoms with Gasteiger partial charge in [-0.15, -0.1) is 0 Å². The van der Waals surface area contributed by atoms with Crippen molar-refractivity contribution in [1.29, 1.82) is 0 Å². The van der Waals surface area contributed by atoms with E-state index in [1.54, 1.807) is 24.3 Å². The topological polar surface area (TPSA) is 49.4 Å². The normalized spacial score (nSPS) is 13.6. The predicted octanol–water partition coefficient (Wildman–Crippen LogP) is 3.25. The fraction of sp³-hybridized carbons (Fsp3) is 0.125. The van der Waals surface area contributed by atoms with E-state index in [4.69, 9.17) is 11.6 Å². The van der Waals surface area contributed by atoms with E-state index in [0.717, 1.165) is 5.56 Å². The van der Waals surface area contributed by atoms with Crippen LogP contribution in [0.5, 0.6) is 0 Å². The van der Waals surface area contributed by atoms with Crippen LogP contribution in [0.1, 0.15) is 15.9 Å². The number of carbonyl (C=O) groups excluding carboxylic acids is 2. The molecule has 5 heteroatoms. The number of fused-ring (bicyclic) bond motifs is 1. The maximum absolute atomic E-state index is 12.7. The third-order valence-corrected chi connectivity index (χ3v) is 3.68. The second-order valence-electron chi connectivity index (χ2n) is 4.94. The molecule has 0 saturated carbocycles. The smallest absolute Gasteiger partial charge is 0.260 e. The van der Waals surface area contributed by atoms with Crippen LogP contribution in [0.25, 0.3) is 0 Å². The van der Waals surface area contributed by atoms with E-state index < -0.39 is 0 Å². The summed E-state index contributed by atoms with van der Waals surface area (Å²) in [5, 5.41) is 3.15. The Balaban J connectivity index is 2.04. The number of nitrogens with zero attached hydrogens (tertiary/aromatic N) is 1. The van der Waals surface area contributed by atoms with Crippen LogP contribution in [0.4, 0.5) is 11.4 Å². The van der Waals surface area contributed by atoms with Gasteiger partial charge in [0, 0.05) is 0 Å². The second-order valence-corrected chi connectivity index (χ2v) is 5.35. The maximum Gasteiger partial charge on any atom is 0.260 e. The molecule has 0 unspecified atom stereocenters. The fourth-order valence-corrected chi connectivity index (χ4v) is 2.67. The number of carbonyl (C=O) groups is 2. The summed E-state index contributed by atoms with van der Waals surface area (Å²) in [5.41, 5.74) is 2.68. The zero-order valence-electron chi connectivity index (χ0n) is 11.4. The SMILES string of the molecule is Cc1ccc(C(=O)N2CC(=O)Nc3ccccc32)c(Cl)c1. The lowest BCUT2D eigenvalue weighted by Gasteiger charge is -2.29. The van der Waals surface area contributed by atoms with Gasteiger partial charge in [-0.2, -0.15) is 0 Å². The van der Waals surface area contributed by atoms with E-state index >= 15 is 0 Å². The number of aryl methyl sites for hydroxylation is 1. The Morgan fingerprint density at radius 3 is 2.76 bits per heavy atom. The molecule has 1 aliphatic heterocycles. The molecule has 0 atom stereocenters. The number of halogens is 1. The summed E-state index contributed by atoms with van der Waals surface area (Å²) < 4.78 is 0. The molecule has 0 saturated heterocycles. The average molecular weight is 301 g/mol. The molecule has 0 aliphatic carbocycles. The molecule has 0 spiro atoms. The standard InChI is InChI=1S/C16H13ClN2O2/c1-10-6-7-11(12(17)8-10)16(21)19-9-15(20)18-13-4-2-3-5-14(13)19/h2-8H,9H2,1H3,(H,18,20). The van der Waals surface area contributed by atoms with Crippen molar-refractivity contribution in [1.82, 2.24) is 0 Å². The van der Waals surface area contributed by atoms with Crippen LogP contribution in [0, 0.1) is 6.92 Å². The molecule has 1 N–H and O–H groups in total. The van der Waals surface area contributed by atoms with Crippen LogP contribution in [0.15, 0.2) is 42.5 Å². The molecule has 0 fully saturated rings. The molecule has 4 nitrogen and oxygen atoms in total. The van der Waals surface area contributed by atoms with Crippen molar-refractivity contribution in [2.75, 3.05) is 16.8 Å². The molecular formula is C16H13ClN2O2. The first-order chi connectivity index (χ1) is 10.1. The third kappa shape index (κ3) is 2.50. The molecule has 3 rings (SSSR count). The van der Waals surface area contributed by atoms with Gasteiger partial charge in [0.25, 0.3) is 5.91 Å². The largest absolute Gasteiger partial charge is 0.323 e. The summed E-state index contributed by atoms with van der Waals surface area (Å²) in [4.78, 5) is 25.9. The van der Waals surface area contributed by atoms with Gasteiger partial charge in [0.1, 0.15) is 6.54 Å². The van der Waals surface area contributed by atoms with E-state index in [2.05, 4.69) is 5.32 Å². The highest BCUT2D eigenvalue weighted by Gasteiger charge is 2.28. The molecule has 1 heterocycles. The Labute approximate surface area is 127 Å². The Hall–Kier alpha value is -2.33. The number of amides is 2. The predicted molar refractivity (Wildman–Crippen MR) is 82.9 cm³/mol. The minimum absolute atomic E-state index is 0.0138. The molecule has 2 aromatic rings. The minimum atomic E-state index is -0.276. The summed E-state index contributed by atoms with van der Waals surface area (Å²) in [6.45, 7) is 1.89. The summed E-state index contributed by atoms with van der Waals surface area (Å²) >= 11 is 6.16. The fourth-order valence-electron chi connectivity index (χ4n) is 2.35. The number of hydrogen-bond acceptors (Lipinski definition) is 2. The lowest BCUT2D eigenvalue weighted by atomic mass is 10.1. The van der Waals surface area contributed by atoms with E-state index in [0.29, 0.717) is 22.0 Å². The van der Waals surface area contributed by atoms with Gasteiger partial charge in [0.2, 0.25) is 5.91 Å². The van der Waals surface area contributed by atoms with E-state index in [1.807, 2.05) is 25.1 Å². The summed E-state index contributed by atoms with van der Waals surface area (Å²) in [5.74, 6) is -0.493. The van der Waals surface area contributed by atoms with Gasteiger partial charge in [0.15, 0.2) is 0 Å². The number of hydrogen-bond donors (Lipinski definition) is 1. The number of benzene rings is 2. The van der Waals surface area contributed by atoms with E-state index in [-0.39, 0.29) is 18.4 Å². The van der Waals surface area contributed by atoms with Crippen molar-refractivity contribution in [2.45, 2.75) is 6.92 Å². The minimum Gasteiger partial charge on any atom is -0.323 e. The Morgan fingerprint density at radius 1 is 1.24 bits per heavy atom. The van der Waals surface area contributed by atoms with Crippen LogP contribution in [0.2, 0.25) is 5.02 Å². The van der Waals surface area contributed by atoms with E-state index in [1.165, 1.54) is 4.90 Å². The van der Waals surface area contributed by atoms with Gasteiger partial charge in [-0.25, -0.2) is 0 Å². The zero-order valence-corrected chi connectivity index (χ0v) is 12.1. The van der Waals surface area contributed by atoms with Gasteiger partial charge >= 0.3 is 0 Å². The Kier molecular flexibility index (Phi) is 3.39. The van der Waals surface area contributed by atoms with Crippen LogP contribution in [0.3, 0.4) is 0 Å². The third-order valence-electron chi connectivity index (χ3n) is 3.37. The number of rotatable bonds is 1. The molecular weight excluding hydrogens is 288 g/mol. The first kappa shape index (κ1) is 13.6. The quantitative estimate of drug-likeness (QED) is 0.879.